The van der Waals surface area contributed by atoms with Crippen LogP contribution in [-0.4, -0.2) is 18.2 Å². The third-order valence-electron chi connectivity index (χ3n) is 3.92. The Balaban J connectivity index is 1.41. The maximum absolute atomic E-state index is 13.7. The highest BCUT2D eigenvalue weighted by Crippen LogP contribution is 2.48. The minimum Gasteiger partial charge on any atom is -0.355 e. The number of rotatable bonds is 6. The van der Waals surface area contributed by atoms with Crippen molar-refractivity contribution in [1.29, 1.82) is 0 Å². The summed E-state index contributed by atoms with van der Waals surface area (Å²) in [7, 11) is 0. The van der Waals surface area contributed by atoms with Crippen LogP contribution < -0.4 is 5.32 Å². The third-order valence-corrected chi connectivity index (χ3v) is 5.18. The van der Waals surface area contributed by atoms with Crippen LogP contribution in [0.5, 0.6) is 0 Å². The van der Waals surface area contributed by atoms with Gasteiger partial charge in [-0.2, -0.15) is 0 Å². The second kappa shape index (κ2) is 7.37. The van der Waals surface area contributed by atoms with Crippen LogP contribution >= 0.6 is 23.4 Å². The van der Waals surface area contributed by atoms with E-state index < -0.39 is 0 Å². The lowest BCUT2D eigenvalue weighted by molar-refractivity contribution is -0.122. The van der Waals surface area contributed by atoms with Gasteiger partial charge in [0.05, 0.1) is 0 Å². The Morgan fingerprint density at radius 1 is 1.22 bits per heavy atom. The Kier molecular flexibility index (Phi) is 5.23. The minimum atomic E-state index is -0.217. The number of carbonyl (C=O) groups is 1. The van der Waals surface area contributed by atoms with Crippen molar-refractivity contribution in [3.05, 3.63) is 64.9 Å². The van der Waals surface area contributed by atoms with Crippen LogP contribution in [0.4, 0.5) is 4.39 Å². The SMILES string of the molecule is O=C(NCCSc1ccc(Cl)cc1)C1CC1c1ccccc1F. The smallest absolute Gasteiger partial charge is 0.223 e. The fourth-order valence-electron chi connectivity index (χ4n) is 2.61. The highest BCUT2D eigenvalue weighted by atomic mass is 35.5. The topological polar surface area (TPSA) is 29.1 Å². The first-order valence-electron chi connectivity index (χ1n) is 7.55. The molecule has 3 rings (SSSR count). The number of carbonyl (C=O) groups excluding carboxylic acids is 1. The average Bonchev–Trinajstić information content (AvgIpc) is 3.34. The molecule has 0 bridgehead atoms. The average molecular weight is 350 g/mol. The zero-order valence-electron chi connectivity index (χ0n) is 12.5. The van der Waals surface area contributed by atoms with Crippen molar-refractivity contribution in [2.24, 2.45) is 5.92 Å². The van der Waals surface area contributed by atoms with Gasteiger partial charge in [0.25, 0.3) is 0 Å². The first kappa shape index (κ1) is 16.3. The van der Waals surface area contributed by atoms with Gasteiger partial charge in [-0.05, 0) is 48.2 Å². The Hall–Kier alpha value is -1.52. The summed E-state index contributed by atoms with van der Waals surface area (Å²) in [4.78, 5) is 13.2. The van der Waals surface area contributed by atoms with Crippen LogP contribution in [0, 0.1) is 11.7 Å². The zero-order chi connectivity index (χ0) is 16.2. The Morgan fingerprint density at radius 2 is 1.96 bits per heavy atom. The van der Waals surface area contributed by atoms with Gasteiger partial charge in [0.2, 0.25) is 5.91 Å². The van der Waals surface area contributed by atoms with Gasteiger partial charge in [-0.25, -0.2) is 4.39 Å². The van der Waals surface area contributed by atoms with E-state index in [1.54, 1.807) is 23.9 Å². The fourth-order valence-corrected chi connectivity index (χ4v) is 3.50. The lowest BCUT2D eigenvalue weighted by atomic mass is 10.1. The highest BCUT2D eigenvalue weighted by molar-refractivity contribution is 7.99. The molecule has 2 aromatic rings. The van der Waals surface area contributed by atoms with E-state index in [1.165, 1.54) is 6.07 Å². The predicted octanol–water partition coefficient (Wildman–Crippen LogP) is 4.49. The normalized spacial score (nSPS) is 19.4. The van der Waals surface area contributed by atoms with Crippen LogP contribution in [0.15, 0.2) is 53.4 Å². The molecular weight excluding hydrogens is 333 g/mol. The van der Waals surface area contributed by atoms with E-state index >= 15 is 0 Å². The lowest BCUT2D eigenvalue weighted by Crippen LogP contribution is -2.27. The Morgan fingerprint density at radius 3 is 2.70 bits per heavy atom. The maximum Gasteiger partial charge on any atom is 0.223 e. The summed E-state index contributed by atoms with van der Waals surface area (Å²) in [5.74, 6) is 0.540. The molecule has 2 aromatic carbocycles. The molecule has 0 saturated heterocycles. The molecule has 23 heavy (non-hydrogen) atoms. The molecule has 0 radical (unpaired) electrons. The molecule has 5 heteroatoms. The summed E-state index contributed by atoms with van der Waals surface area (Å²) in [5, 5.41) is 3.66. The van der Waals surface area contributed by atoms with E-state index in [-0.39, 0.29) is 23.6 Å². The van der Waals surface area contributed by atoms with Gasteiger partial charge in [0.15, 0.2) is 0 Å². The van der Waals surface area contributed by atoms with E-state index in [0.29, 0.717) is 12.1 Å². The fraction of sp³-hybridized carbons (Fsp3) is 0.278. The van der Waals surface area contributed by atoms with Crippen molar-refractivity contribution < 1.29 is 9.18 Å². The van der Waals surface area contributed by atoms with Crippen molar-refractivity contribution in [3.63, 3.8) is 0 Å². The summed E-state index contributed by atoms with van der Waals surface area (Å²) < 4.78 is 13.7. The number of hydrogen-bond acceptors (Lipinski definition) is 2. The molecule has 1 saturated carbocycles. The third kappa shape index (κ3) is 4.27. The van der Waals surface area contributed by atoms with Crippen molar-refractivity contribution in [2.45, 2.75) is 17.2 Å². The Labute approximate surface area is 144 Å². The monoisotopic (exact) mass is 349 g/mol. The van der Waals surface area contributed by atoms with Crippen molar-refractivity contribution in [1.82, 2.24) is 5.32 Å². The highest BCUT2D eigenvalue weighted by Gasteiger charge is 2.44. The molecule has 1 fully saturated rings. The zero-order valence-corrected chi connectivity index (χ0v) is 14.0. The molecular formula is C18H17ClFNOS. The van der Waals surface area contributed by atoms with Crippen LogP contribution in [0.25, 0.3) is 0 Å². The van der Waals surface area contributed by atoms with Gasteiger partial charge in [-0.3, -0.25) is 4.79 Å². The first-order valence-corrected chi connectivity index (χ1v) is 8.92. The molecule has 0 spiro atoms. The van der Waals surface area contributed by atoms with E-state index in [1.807, 2.05) is 30.3 Å². The maximum atomic E-state index is 13.7. The largest absolute Gasteiger partial charge is 0.355 e. The number of hydrogen-bond donors (Lipinski definition) is 1. The van der Waals surface area contributed by atoms with Crippen LogP contribution in [0.2, 0.25) is 5.02 Å². The van der Waals surface area contributed by atoms with Gasteiger partial charge < -0.3 is 5.32 Å². The van der Waals surface area contributed by atoms with E-state index in [2.05, 4.69) is 5.32 Å². The van der Waals surface area contributed by atoms with Crippen LogP contribution in [0.1, 0.15) is 17.9 Å². The first-order chi connectivity index (χ1) is 11.1. The number of halogens is 2. The van der Waals surface area contributed by atoms with E-state index in [0.717, 1.165) is 22.1 Å². The van der Waals surface area contributed by atoms with Gasteiger partial charge in [0.1, 0.15) is 5.82 Å². The minimum absolute atomic E-state index is 0.0231. The van der Waals surface area contributed by atoms with Crippen molar-refractivity contribution in [3.8, 4) is 0 Å². The number of nitrogens with one attached hydrogen (secondary N) is 1. The molecule has 1 N–H and O–H groups in total. The summed E-state index contributed by atoms with van der Waals surface area (Å²) in [6.45, 7) is 0.604. The second-order valence-electron chi connectivity index (χ2n) is 5.56. The molecule has 0 heterocycles. The standard InChI is InChI=1S/C18H17ClFNOS/c19-12-5-7-13(8-6-12)23-10-9-21-18(22)16-11-15(16)14-3-1-2-4-17(14)20/h1-8,15-16H,9-11H2,(H,21,22). The molecule has 2 atom stereocenters. The van der Waals surface area contributed by atoms with Gasteiger partial charge in [-0.1, -0.05) is 29.8 Å². The van der Waals surface area contributed by atoms with Gasteiger partial charge in [0, 0.05) is 28.1 Å². The summed E-state index contributed by atoms with van der Waals surface area (Å²) in [6.07, 6.45) is 0.733. The molecule has 0 aromatic heterocycles. The predicted molar refractivity (Wildman–Crippen MR) is 92.4 cm³/mol. The van der Waals surface area contributed by atoms with Crippen molar-refractivity contribution >= 4 is 29.3 Å². The molecule has 1 amide bonds. The summed E-state index contributed by atoms with van der Waals surface area (Å²) >= 11 is 7.51. The van der Waals surface area contributed by atoms with Gasteiger partial charge in [-0.15, -0.1) is 11.8 Å². The molecule has 2 unspecified atom stereocenters. The summed E-state index contributed by atoms with van der Waals surface area (Å²) in [5.41, 5.74) is 0.656. The molecule has 0 aliphatic heterocycles. The Bertz CT molecular complexity index is 692. The van der Waals surface area contributed by atoms with Crippen LogP contribution in [0.3, 0.4) is 0 Å². The van der Waals surface area contributed by atoms with Crippen molar-refractivity contribution in [2.75, 3.05) is 12.3 Å². The number of benzene rings is 2. The lowest BCUT2D eigenvalue weighted by Gasteiger charge is -2.06. The number of thioether (sulfide) groups is 1. The van der Waals surface area contributed by atoms with E-state index in [4.69, 9.17) is 11.6 Å². The van der Waals surface area contributed by atoms with Gasteiger partial charge >= 0.3 is 0 Å². The number of amides is 1. The van der Waals surface area contributed by atoms with Crippen LogP contribution in [-0.2, 0) is 4.79 Å². The second-order valence-corrected chi connectivity index (χ2v) is 7.17. The van der Waals surface area contributed by atoms with E-state index in [9.17, 15) is 9.18 Å². The summed E-state index contributed by atoms with van der Waals surface area (Å²) in [6, 6.07) is 14.3. The molecule has 1 aliphatic rings. The molecule has 120 valence electrons. The molecule has 2 nitrogen and oxygen atoms in total. The molecule has 1 aliphatic carbocycles. The quantitative estimate of drug-likeness (QED) is 0.615.